The predicted molar refractivity (Wildman–Crippen MR) is 109 cm³/mol. The lowest BCUT2D eigenvalue weighted by atomic mass is 9.78. The van der Waals surface area contributed by atoms with Gasteiger partial charge in [0, 0.05) is 11.8 Å². The number of rotatable bonds is 4. The van der Waals surface area contributed by atoms with E-state index in [1.807, 2.05) is 45.5 Å². The van der Waals surface area contributed by atoms with Crippen molar-refractivity contribution in [3.63, 3.8) is 0 Å². The Bertz CT molecular complexity index is 624. The molecular formula is C20H31BFNO2S. The van der Waals surface area contributed by atoms with Gasteiger partial charge in [0.15, 0.2) is 0 Å². The van der Waals surface area contributed by atoms with E-state index < -0.39 is 18.3 Å². The third kappa shape index (κ3) is 4.46. The van der Waals surface area contributed by atoms with Crippen LogP contribution in [0.25, 0.3) is 0 Å². The van der Waals surface area contributed by atoms with Gasteiger partial charge in [-0.2, -0.15) is 11.8 Å². The number of nitrogens with zero attached hydrogens (tertiary/aromatic N) is 1. The summed E-state index contributed by atoms with van der Waals surface area (Å²) in [6.07, 6.45) is 5.90. The lowest BCUT2D eigenvalue weighted by molar-refractivity contribution is 0.00578. The molecule has 2 heterocycles. The van der Waals surface area contributed by atoms with E-state index in [2.05, 4.69) is 11.2 Å². The fourth-order valence-corrected chi connectivity index (χ4v) is 4.40. The second kappa shape index (κ2) is 7.82. The molecular weight excluding hydrogens is 348 g/mol. The predicted octanol–water partition coefficient (Wildman–Crippen LogP) is 3.84. The maximum Gasteiger partial charge on any atom is 0.494 e. The highest BCUT2D eigenvalue weighted by Crippen LogP contribution is 2.36. The van der Waals surface area contributed by atoms with E-state index in [9.17, 15) is 4.39 Å². The summed E-state index contributed by atoms with van der Waals surface area (Å²) in [6.45, 7) is 11.0. The molecule has 1 aromatic carbocycles. The summed E-state index contributed by atoms with van der Waals surface area (Å²) >= 11 is 1.97. The summed E-state index contributed by atoms with van der Waals surface area (Å²) < 4.78 is 26.5. The molecule has 0 N–H and O–H groups in total. The van der Waals surface area contributed by atoms with Crippen LogP contribution < -0.4 is 5.46 Å². The summed E-state index contributed by atoms with van der Waals surface area (Å²) in [5.41, 5.74) is 0.941. The van der Waals surface area contributed by atoms with Gasteiger partial charge in [-0.05, 0) is 89.5 Å². The van der Waals surface area contributed by atoms with Crippen molar-refractivity contribution in [2.24, 2.45) is 0 Å². The number of thioether (sulfide) groups is 1. The van der Waals surface area contributed by atoms with E-state index in [4.69, 9.17) is 9.31 Å². The zero-order valence-electron chi connectivity index (χ0n) is 16.7. The first-order valence-corrected chi connectivity index (χ1v) is 10.9. The minimum atomic E-state index is -0.514. The normalized spacial score (nSPS) is 26.1. The lowest BCUT2D eigenvalue weighted by Gasteiger charge is -2.32. The van der Waals surface area contributed by atoms with Crippen molar-refractivity contribution in [1.29, 1.82) is 0 Å². The summed E-state index contributed by atoms with van der Waals surface area (Å²) in [5.74, 6) is -0.218. The van der Waals surface area contributed by atoms with Crippen molar-refractivity contribution in [2.45, 2.75) is 70.0 Å². The number of hydrogen-bond acceptors (Lipinski definition) is 4. The Morgan fingerprint density at radius 1 is 1.12 bits per heavy atom. The molecule has 2 aliphatic heterocycles. The Hall–Kier alpha value is -0.555. The van der Waals surface area contributed by atoms with Gasteiger partial charge in [-0.3, -0.25) is 4.90 Å². The van der Waals surface area contributed by atoms with Crippen LogP contribution in [0, 0.1) is 5.82 Å². The molecule has 3 nitrogen and oxygen atoms in total. The Kier molecular flexibility index (Phi) is 6.07. The molecule has 144 valence electrons. The monoisotopic (exact) mass is 379 g/mol. The minimum Gasteiger partial charge on any atom is -0.399 e. The quantitative estimate of drug-likeness (QED) is 0.741. The van der Waals surface area contributed by atoms with E-state index in [1.54, 1.807) is 6.07 Å². The largest absolute Gasteiger partial charge is 0.494 e. The molecule has 2 aliphatic rings. The summed E-state index contributed by atoms with van der Waals surface area (Å²) in [6, 6.07) is 5.23. The van der Waals surface area contributed by atoms with Gasteiger partial charge in [-0.15, -0.1) is 0 Å². The van der Waals surface area contributed by atoms with Crippen LogP contribution in [0.1, 0.15) is 52.5 Å². The van der Waals surface area contributed by atoms with E-state index >= 15 is 0 Å². The van der Waals surface area contributed by atoms with Gasteiger partial charge >= 0.3 is 7.12 Å². The van der Waals surface area contributed by atoms with Crippen molar-refractivity contribution >= 4 is 24.3 Å². The van der Waals surface area contributed by atoms with Gasteiger partial charge in [-0.1, -0.05) is 6.07 Å². The maximum atomic E-state index is 14.3. The topological polar surface area (TPSA) is 21.7 Å². The van der Waals surface area contributed by atoms with E-state index in [1.165, 1.54) is 25.3 Å². The molecule has 3 rings (SSSR count). The molecule has 0 saturated carbocycles. The molecule has 1 atom stereocenters. The van der Waals surface area contributed by atoms with Crippen LogP contribution in [0.2, 0.25) is 0 Å². The van der Waals surface area contributed by atoms with E-state index in [-0.39, 0.29) is 5.82 Å². The molecule has 1 aromatic rings. The number of benzene rings is 1. The molecule has 2 fully saturated rings. The van der Waals surface area contributed by atoms with Crippen LogP contribution >= 0.6 is 11.8 Å². The fraction of sp³-hybridized carbons (Fsp3) is 0.700. The van der Waals surface area contributed by atoms with Crippen LogP contribution in [-0.4, -0.2) is 47.8 Å². The number of likely N-dealkylation sites (tertiary alicyclic amines) is 1. The average molecular weight is 379 g/mol. The first-order chi connectivity index (χ1) is 12.2. The summed E-state index contributed by atoms with van der Waals surface area (Å²) in [4.78, 5) is 2.44. The highest BCUT2D eigenvalue weighted by atomic mass is 32.2. The zero-order chi connectivity index (χ0) is 18.9. The van der Waals surface area contributed by atoms with Gasteiger partial charge in [0.1, 0.15) is 5.82 Å². The van der Waals surface area contributed by atoms with Crippen molar-refractivity contribution in [3.05, 3.63) is 29.6 Å². The van der Waals surface area contributed by atoms with Crippen molar-refractivity contribution in [3.8, 4) is 0 Å². The molecule has 1 unspecified atom stereocenters. The lowest BCUT2D eigenvalue weighted by Crippen LogP contribution is -2.41. The van der Waals surface area contributed by atoms with E-state index in [0.717, 1.165) is 35.9 Å². The molecule has 0 bridgehead atoms. The molecule has 26 heavy (non-hydrogen) atoms. The summed E-state index contributed by atoms with van der Waals surface area (Å²) in [7, 11) is -0.514. The Labute approximate surface area is 162 Å². The highest BCUT2D eigenvalue weighted by Gasteiger charge is 2.51. The van der Waals surface area contributed by atoms with Crippen LogP contribution in [0.15, 0.2) is 18.2 Å². The van der Waals surface area contributed by atoms with Crippen LogP contribution in [0.5, 0.6) is 0 Å². The second-order valence-corrected chi connectivity index (χ2v) is 9.68. The average Bonchev–Trinajstić information content (AvgIpc) is 2.70. The van der Waals surface area contributed by atoms with Gasteiger partial charge in [0.2, 0.25) is 0 Å². The Morgan fingerprint density at radius 3 is 2.46 bits per heavy atom. The van der Waals surface area contributed by atoms with E-state index in [0.29, 0.717) is 0 Å². The second-order valence-electron chi connectivity index (χ2n) is 8.55. The first-order valence-electron chi connectivity index (χ1n) is 9.60. The van der Waals surface area contributed by atoms with Crippen molar-refractivity contribution in [1.82, 2.24) is 4.90 Å². The highest BCUT2D eigenvalue weighted by molar-refractivity contribution is 7.99. The standard InChI is InChI=1S/C20H31BFNO2S/c1-19(2)20(3,4)25-21(24-19)16-11-15(12-17(22)13-16)14-23-9-6-7-18(26-5)8-10-23/h11-13,18H,6-10,14H2,1-5H3. The van der Waals surface area contributed by atoms with Crippen molar-refractivity contribution < 1.29 is 13.7 Å². The fourth-order valence-electron chi connectivity index (χ4n) is 3.66. The number of halogens is 1. The molecule has 2 saturated heterocycles. The van der Waals surface area contributed by atoms with Crippen LogP contribution in [-0.2, 0) is 15.9 Å². The third-order valence-electron chi connectivity index (χ3n) is 6.01. The Balaban J connectivity index is 1.72. The minimum absolute atomic E-state index is 0.218. The van der Waals surface area contributed by atoms with Gasteiger partial charge in [0.05, 0.1) is 11.2 Å². The third-order valence-corrected chi connectivity index (χ3v) is 7.15. The maximum absolute atomic E-state index is 14.3. The molecule has 0 amide bonds. The smallest absolute Gasteiger partial charge is 0.399 e. The molecule has 0 radical (unpaired) electrons. The summed E-state index contributed by atoms with van der Waals surface area (Å²) in [5, 5.41) is 0.757. The van der Waals surface area contributed by atoms with Crippen LogP contribution in [0.3, 0.4) is 0 Å². The van der Waals surface area contributed by atoms with Gasteiger partial charge < -0.3 is 9.31 Å². The van der Waals surface area contributed by atoms with Gasteiger partial charge in [-0.25, -0.2) is 4.39 Å². The SMILES string of the molecule is CSC1CCCN(Cc2cc(F)cc(B3OC(C)(C)C(C)(C)O3)c2)CC1. The van der Waals surface area contributed by atoms with Crippen molar-refractivity contribution in [2.75, 3.05) is 19.3 Å². The molecule has 0 aromatic heterocycles. The number of hydrogen-bond donors (Lipinski definition) is 0. The Morgan fingerprint density at radius 2 is 1.81 bits per heavy atom. The molecule has 0 aliphatic carbocycles. The molecule has 0 spiro atoms. The van der Waals surface area contributed by atoms with Crippen LogP contribution in [0.4, 0.5) is 4.39 Å². The first kappa shape index (κ1) is 20.2. The molecule has 6 heteroatoms. The zero-order valence-corrected chi connectivity index (χ0v) is 17.5. The van der Waals surface area contributed by atoms with Gasteiger partial charge in [0.25, 0.3) is 0 Å².